The Bertz CT molecular complexity index is 385. The minimum absolute atomic E-state index is 0.175. The van der Waals surface area contributed by atoms with E-state index >= 15 is 0 Å². The zero-order valence-corrected chi connectivity index (χ0v) is 10.5. The average Bonchev–Trinajstić information content (AvgIpc) is 2.19. The van der Waals surface area contributed by atoms with Crippen LogP contribution in [0.15, 0.2) is 18.2 Å². The highest BCUT2D eigenvalue weighted by atomic mass is 127. The van der Waals surface area contributed by atoms with Crippen molar-refractivity contribution in [2.45, 2.75) is 24.9 Å². The highest BCUT2D eigenvalue weighted by molar-refractivity contribution is 14.1. The van der Waals surface area contributed by atoms with Gasteiger partial charge < -0.3 is 4.74 Å². The fraction of sp³-hybridized carbons (Fsp3) is 0.455. The van der Waals surface area contributed by atoms with Crippen LogP contribution in [0.5, 0.6) is 0 Å². The van der Waals surface area contributed by atoms with Gasteiger partial charge in [-0.15, -0.1) is 0 Å². The smallest absolute Gasteiger partial charge is 0.271 e. The summed E-state index contributed by atoms with van der Waals surface area (Å²) in [6, 6.07) is 4.31. The molecule has 1 atom stereocenters. The van der Waals surface area contributed by atoms with Crippen LogP contribution < -0.4 is 0 Å². The molecule has 1 nitrogen and oxygen atoms in total. The van der Waals surface area contributed by atoms with Gasteiger partial charge in [0.1, 0.15) is 12.4 Å². The van der Waals surface area contributed by atoms with Crippen molar-refractivity contribution in [3.8, 4) is 0 Å². The Morgan fingerprint density at radius 1 is 1.38 bits per heavy atom. The minimum Gasteiger partial charge on any atom is -0.367 e. The molecular formula is C11H10F3IO. The summed E-state index contributed by atoms with van der Waals surface area (Å²) in [4.78, 5) is 0. The summed E-state index contributed by atoms with van der Waals surface area (Å²) in [6.45, 7) is -0.550. The third-order valence-corrected chi connectivity index (χ3v) is 3.51. The molecule has 2 rings (SSSR count). The van der Waals surface area contributed by atoms with Gasteiger partial charge in [-0.2, -0.15) is 0 Å². The van der Waals surface area contributed by atoms with Crippen LogP contribution in [0.3, 0.4) is 0 Å². The lowest BCUT2D eigenvalue weighted by Gasteiger charge is -2.29. The molecular weight excluding hydrogens is 332 g/mol. The molecule has 1 heterocycles. The lowest BCUT2D eigenvalue weighted by atomic mass is 10.00. The largest absolute Gasteiger partial charge is 0.367 e. The van der Waals surface area contributed by atoms with Crippen molar-refractivity contribution < 1.29 is 17.9 Å². The molecule has 1 unspecified atom stereocenters. The lowest BCUT2D eigenvalue weighted by molar-refractivity contribution is -0.145. The summed E-state index contributed by atoms with van der Waals surface area (Å²) < 4.78 is 44.5. The van der Waals surface area contributed by atoms with Gasteiger partial charge in [0.2, 0.25) is 0 Å². The van der Waals surface area contributed by atoms with E-state index in [0.29, 0.717) is 3.57 Å². The van der Waals surface area contributed by atoms with Gasteiger partial charge in [-0.1, -0.05) is 6.07 Å². The molecule has 0 saturated carbocycles. The average molecular weight is 342 g/mol. The molecule has 88 valence electrons. The summed E-state index contributed by atoms with van der Waals surface area (Å²) >= 11 is 1.99. The highest BCUT2D eigenvalue weighted by Crippen LogP contribution is 2.37. The third-order valence-electron chi connectivity index (χ3n) is 2.58. The van der Waals surface area contributed by atoms with Crippen molar-refractivity contribution in [2.24, 2.45) is 0 Å². The van der Waals surface area contributed by atoms with Gasteiger partial charge in [0.15, 0.2) is 0 Å². The normalized spacial score (nSPS) is 24.4. The molecule has 0 aromatic heterocycles. The maximum atomic E-state index is 12.9. The maximum Gasteiger partial charge on any atom is 0.271 e. The predicted molar refractivity (Wildman–Crippen MR) is 62.0 cm³/mol. The van der Waals surface area contributed by atoms with E-state index in [1.165, 1.54) is 12.1 Å². The van der Waals surface area contributed by atoms with Gasteiger partial charge in [0.25, 0.3) is 5.92 Å². The van der Waals surface area contributed by atoms with E-state index < -0.39 is 12.5 Å². The molecule has 1 fully saturated rings. The first kappa shape index (κ1) is 12.2. The quantitative estimate of drug-likeness (QED) is 0.703. The van der Waals surface area contributed by atoms with E-state index in [4.69, 9.17) is 4.74 Å². The fourth-order valence-corrected chi connectivity index (χ4v) is 2.55. The first-order chi connectivity index (χ1) is 7.48. The van der Waals surface area contributed by atoms with Crippen molar-refractivity contribution >= 4 is 22.6 Å². The number of benzene rings is 1. The summed E-state index contributed by atoms with van der Waals surface area (Å²) in [5, 5.41) is 0. The Labute approximate surface area is 105 Å². The molecule has 0 radical (unpaired) electrons. The molecule has 1 aromatic carbocycles. The van der Waals surface area contributed by atoms with Crippen LogP contribution in [-0.2, 0) is 4.74 Å². The highest BCUT2D eigenvalue weighted by Gasteiger charge is 2.36. The molecule has 0 bridgehead atoms. The molecule has 0 spiro atoms. The first-order valence-corrected chi connectivity index (χ1v) is 6.00. The molecule has 0 aliphatic carbocycles. The standard InChI is InChI=1S/C11H10F3IO/c12-7-1-2-8(9(15)5-7)10-3-4-11(13,14)6-16-10/h1-2,5,10H,3-4,6H2. The van der Waals surface area contributed by atoms with E-state index in [1.807, 2.05) is 22.6 Å². The molecule has 1 aliphatic heterocycles. The molecule has 1 aromatic rings. The number of rotatable bonds is 1. The molecule has 1 aliphatic rings. The number of alkyl halides is 2. The van der Waals surface area contributed by atoms with Crippen molar-refractivity contribution in [3.05, 3.63) is 33.1 Å². The molecule has 16 heavy (non-hydrogen) atoms. The molecule has 0 N–H and O–H groups in total. The monoisotopic (exact) mass is 342 g/mol. The number of hydrogen-bond donors (Lipinski definition) is 0. The molecule has 1 saturated heterocycles. The minimum atomic E-state index is -2.72. The number of ether oxygens (including phenoxy) is 1. The van der Waals surface area contributed by atoms with Gasteiger partial charge in [-0.05, 0) is 46.7 Å². The number of hydrogen-bond acceptors (Lipinski definition) is 1. The SMILES string of the molecule is Fc1ccc(C2CCC(F)(F)CO2)c(I)c1. The van der Waals surface area contributed by atoms with Crippen LogP contribution in [0.25, 0.3) is 0 Å². The first-order valence-electron chi connectivity index (χ1n) is 4.92. The van der Waals surface area contributed by atoms with E-state index in [2.05, 4.69) is 0 Å². The molecule has 5 heteroatoms. The van der Waals surface area contributed by atoms with Crippen molar-refractivity contribution in [1.29, 1.82) is 0 Å². The maximum absolute atomic E-state index is 12.9. The summed E-state index contributed by atoms with van der Waals surface area (Å²) in [5.41, 5.74) is 0.789. The van der Waals surface area contributed by atoms with Crippen LogP contribution >= 0.6 is 22.6 Å². The number of halogens is 4. The Morgan fingerprint density at radius 3 is 2.69 bits per heavy atom. The van der Waals surface area contributed by atoms with E-state index in [-0.39, 0.29) is 24.8 Å². The second-order valence-corrected chi connectivity index (χ2v) is 5.02. The predicted octanol–water partition coefficient (Wildman–Crippen LogP) is 3.92. The van der Waals surface area contributed by atoms with Crippen LogP contribution in [0.2, 0.25) is 0 Å². The topological polar surface area (TPSA) is 9.23 Å². The zero-order valence-electron chi connectivity index (χ0n) is 8.35. The Balaban J connectivity index is 2.14. The van der Waals surface area contributed by atoms with Crippen molar-refractivity contribution in [1.82, 2.24) is 0 Å². The fourth-order valence-electron chi connectivity index (χ4n) is 1.73. The van der Waals surface area contributed by atoms with Crippen molar-refractivity contribution in [3.63, 3.8) is 0 Å². The van der Waals surface area contributed by atoms with Gasteiger partial charge in [-0.25, -0.2) is 13.2 Å². The van der Waals surface area contributed by atoms with Gasteiger partial charge in [-0.3, -0.25) is 0 Å². The van der Waals surface area contributed by atoms with Crippen LogP contribution in [-0.4, -0.2) is 12.5 Å². The summed E-state index contributed by atoms with van der Waals surface area (Å²) in [5.74, 6) is -3.05. The summed E-state index contributed by atoms with van der Waals surface area (Å²) in [7, 11) is 0. The zero-order chi connectivity index (χ0) is 11.8. The van der Waals surface area contributed by atoms with Crippen LogP contribution in [0.1, 0.15) is 24.5 Å². The third kappa shape index (κ3) is 2.68. The summed E-state index contributed by atoms with van der Waals surface area (Å²) in [6.07, 6.45) is -0.244. The Morgan fingerprint density at radius 2 is 2.12 bits per heavy atom. The lowest BCUT2D eigenvalue weighted by Crippen LogP contribution is -2.31. The van der Waals surface area contributed by atoms with Crippen molar-refractivity contribution in [2.75, 3.05) is 6.61 Å². The molecule has 0 amide bonds. The van der Waals surface area contributed by atoms with Gasteiger partial charge >= 0.3 is 0 Å². The van der Waals surface area contributed by atoms with Gasteiger partial charge in [0, 0.05) is 9.99 Å². The van der Waals surface area contributed by atoms with Crippen LogP contribution in [0, 0.1) is 9.39 Å². The Kier molecular flexibility index (Phi) is 3.44. The second-order valence-electron chi connectivity index (χ2n) is 3.86. The van der Waals surface area contributed by atoms with E-state index in [9.17, 15) is 13.2 Å². The van der Waals surface area contributed by atoms with E-state index in [0.717, 1.165) is 5.56 Å². The second kappa shape index (κ2) is 4.52. The van der Waals surface area contributed by atoms with Crippen LogP contribution in [0.4, 0.5) is 13.2 Å². The Hall–Kier alpha value is -0.300. The van der Waals surface area contributed by atoms with Gasteiger partial charge in [0.05, 0.1) is 6.10 Å². The van der Waals surface area contributed by atoms with E-state index in [1.54, 1.807) is 6.07 Å².